The Morgan fingerprint density at radius 3 is 2.33 bits per heavy atom. The molecule has 0 unspecified atom stereocenters. The Kier molecular flexibility index (Phi) is 3.54. The standard InChI is InChI=1S/C14H9F2NO/c15-14(16)18-13-8-11(6-7-12(13)9-17)10-4-2-1-3-5-10/h1-8,14H. The quantitative estimate of drug-likeness (QED) is 0.823. The third-order valence-electron chi connectivity index (χ3n) is 2.43. The van der Waals surface area contributed by atoms with Crippen LogP contribution >= 0.6 is 0 Å². The van der Waals surface area contributed by atoms with Gasteiger partial charge in [0.2, 0.25) is 0 Å². The number of alkyl halides is 2. The molecule has 90 valence electrons. The summed E-state index contributed by atoms with van der Waals surface area (Å²) in [7, 11) is 0. The number of nitriles is 1. The van der Waals surface area contributed by atoms with Gasteiger partial charge in [-0.05, 0) is 23.3 Å². The maximum absolute atomic E-state index is 12.2. The van der Waals surface area contributed by atoms with E-state index in [2.05, 4.69) is 4.74 Å². The lowest BCUT2D eigenvalue weighted by molar-refractivity contribution is -0.0500. The monoisotopic (exact) mass is 245 g/mol. The Labute approximate surface area is 103 Å². The summed E-state index contributed by atoms with van der Waals surface area (Å²) in [5, 5.41) is 8.82. The average Bonchev–Trinajstić information content (AvgIpc) is 2.39. The van der Waals surface area contributed by atoms with E-state index >= 15 is 0 Å². The minimum Gasteiger partial charge on any atom is -0.433 e. The highest BCUT2D eigenvalue weighted by atomic mass is 19.3. The van der Waals surface area contributed by atoms with Gasteiger partial charge in [0.25, 0.3) is 0 Å². The maximum Gasteiger partial charge on any atom is 0.387 e. The van der Waals surface area contributed by atoms with Gasteiger partial charge in [-0.15, -0.1) is 0 Å². The number of ether oxygens (including phenoxy) is 1. The summed E-state index contributed by atoms with van der Waals surface area (Å²) in [5.74, 6) is -0.103. The SMILES string of the molecule is N#Cc1ccc(-c2ccccc2)cc1OC(F)F. The largest absolute Gasteiger partial charge is 0.433 e. The van der Waals surface area contributed by atoms with E-state index < -0.39 is 6.61 Å². The Morgan fingerprint density at radius 2 is 1.72 bits per heavy atom. The molecule has 0 spiro atoms. The van der Waals surface area contributed by atoms with Gasteiger partial charge in [-0.3, -0.25) is 0 Å². The van der Waals surface area contributed by atoms with Crippen LogP contribution in [0.4, 0.5) is 8.78 Å². The molecule has 0 heterocycles. The Balaban J connectivity index is 2.43. The molecule has 0 atom stereocenters. The van der Waals surface area contributed by atoms with Crippen LogP contribution in [0.5, 0.6) is 5.75 Å². The second-order valence-electron chi connectivity index (χ2n) is 3.57. The first-order valence-electron chi connectivity index (χ1n) is 5.25. The van der Waals surface area contributed by atoms with Crippen LogP contribution in [-0.2, 0) is 0 Å². The van der Waals surface area contributed by atoms with Crippen LogP contribution in [0.25, 0.3) is 11.1 Å². The molecule has 0 bridgehead atoms. The molecular weight excluding hydrogens is 236 g/mol. The smallest absolute Gasteiger partial charge is 0.387 e. The number of rotatable bonds is 3. The van der Waals surface area contributed by atoms with Gasteiger partial charge >= 0.3 is 6.61 Å². The molecule has 0 aliphatic heterocycles. The van der Waals surface area contributed by atoms with E-state index in [0.29, 0.717) is 0 Å². The molecule has 0 radical (unpaired) electrons. The molecule has 2 nitrogen and oxygen atoms in total. The van der Waals surface area contributed by atoms with Gasteiger partial charge in [0.15, 0.2) is 0 Å². The highest BCUT2D eigenvalue weighted by Crippen LogP contribution is 2.27. The van der Waals surface area contributed by atoms with Crippen LogP contribution in [-0.4, -0.2) is 6.61 Å². The van der Waals surface area contributed by atoms with Gasteiger partial charge in [-0.25, -0.2) is 0 Å². The maximum atomic E-state index is 12.2. The molecule has 4 heteroatoms. The zero-order chi connectivity index (χ0) is 13.0. The summed E-state index contributed by atoms with van der Waals surface area (Å²) < 4.78 is 28.8. The fourth-order valence-electron chi connectivity index (χ4n) is 1.62. The summed E-state index contributed by atoms with van der Waals surface area (Å²) in [6, 6.07) is 15.7. The highest BCUT2D eigenvalue weighted by molar-refractivity contribution is 5.67. The zero-order valence-electron chi connectivity index (χ0n) is 9.31. The molecule has 0 aliphatic rings. The molecule has 0 fully saturated rings. The predicted molar refractivity (Wildman–Crippen MR) is 63.2 cm³/mol. The van der Waals surface area contributed by atoms with E-state index in [4.69, 9.17) is 5.26 Å². The number of nitrogens with zero attached hydrogens (tertiary/aromatic N) is 1. The Bertz CT molecular complexity index is 576. The number of halogens is 2. The van der Waals surface area contributed by atoms with Crippen LogP contribution in [0.3, 0.4) is 0 Å². The predicted octanol–water partition coefficient (Wildman–Crippen LogP) is 3.83. The molecule has 0 aromatic heterocycles. The van der Waals surface area contributed by atoms with Crippen LogP contribution in [0.2, 0.25) is 0 Å². The first-order valence-corrected chi connectivity index (χ1v) is 5.25. The van der Waals surface area contributed by atoms with E-state index in [9.17, 15) is 8.78 Å². The van der Waals surface area contributed by atoms with Gasteiger partial charge in [-0.2, -0.15) is 14.0 Å². The number of benzene rings is 2. The van der Waals surface area contributed by atoms with E-state index in [0.717, 1.165) is 11.1 Å². The molecule has 2 aromatic carbocycles. The Morgan fingerprint density at radius 1 is 1.00 bits per heavy atom. The second-order valence-corrected chi connectivity index (χ2v) is 3.57. The van der Waals surface area contributed by atoms with Crippen molar-refractivity contribution in [1.29, 1.82) is 5.26 Å². The molecule has 0 N–H and O–H groups in total. The van der Waals surface area contributed by atoms with Crippen molar-refractivity contribution in [3.63, 3.8) is 0 Å². The third kappa shape index (κ3) is 2.64. The zero-order valence-corrected chi connectivity index (χ0v) is 9.31. The highest BCUT2D eigenvalue weighted by Gasteiger charge is 2.11. The van der Waals surface area contributed by atoms with E-state index in [-0.39, 0.29) is 11.3 Å². The number of hydrogen-bond donors (Lipinski definition) is 0. The summed E-state index contributed by atoms with van der Waals surface area (Å²) >= 11 is 0. The van der Waals surface area contributed by atoms with Gasteiger partial charge < -0.3 is 4.74 Å². The molecule has 2 aromatic rings. The van der Waals surface area contributed by atoms with Crippen molar-refractivity contribution in [3.05, 3.63) is 54.1 Å². The lowest BCUT2D eigenvalue weighted by Crippen LogP contribution is -2.03. The van der Waals surface area contributed by atoms with Crippen molar-refractivity contribution in [2.75, 3.05) is 0 Å². The summed E-state index contributed by atoms with van der Waals surface area (Å²) in [6.45, 7) is -2.94. The van der Waals surface area contributed by atoms with Crippen molar-refractivity contribution in [1.82, 2.24) is 0 Å². The van der Waals surface area contributed by atoms with Crippen LogP contribution in [0, 0.1) is 11.3 Å². The van der Waals surface area contributed by atoms with Crippen molar-refractivity contribution in [2.45, 2.75) is 6.61 Å². The van der Waals surface area contributed by atoms with Crippen molar-refractivity contribution >= 4 is 0 Å². The van der Waals surface area contributed by atoms with Gasteiger partial charge in [0, 0.05) is 0 Å². The number of hydrogen-bond acceptors (Lipinski definition) is 2. The topological polar surface area (TPSA) is 33.0 Å². The lowest BCUT2D eigenvalue weighted by Gasteiger charge is -2.08. The molecule has 0 aliphatic carbocycles. The van der Waals surface area contributed by atoms with Crippen molar-refractivity contribution in [2.24, 2.45) is 0 Å². The van der Waals surface area contributed by atoms with E-state index in [1.54, 1.807) is 6.07 Å². The van der Waals surface area contributed by atoms with Gasteiger partial charge in [-0.1, -0.05) is 36.4 Å². The fraction of sp³-hybridized carbons (Fsp3) is 0.0714. The fourth-order valence-corrected chi connectivity index (χ4v) is 1.62. The molecule has 2 rings (SSSR count). The summed E-state index contributed by atoms with van der Waals surface area (Å²) in [4.78, 5) is 0. The summed E-state index contributed by atoms with van der Waals surface area (Å²) in [6.07, 6.45) is 0. The molecule has 18 heavy (non-hydrogen) atoms. The van der Waals surface area contributed by atoms with Gasteiger partial charge in [0.05, 0.1) is 5.56 Å². The average molecular weight is 245 g/mol. The third-order valence-corrected chi connectivity index (χ3v) is 2.43. The van der Waals surface area contributed by atoms with Crippen molar-refractivity contribution in [3.8, 4) is 22.9 Å². The van der Waals surface area contributed by atoms with Crippen LogP contribution in [0.15, 0.2) is 48.5 Å². The molecule has 0 amide bonds. The minimum atomic E-state index is -2.94. The summed E-state index contributed by atoms with van der Waals surface area (Å²) in [5.41, 5.74) is 1.70. The molecular formula is C14H9F2NO. The first kappa shape index (κ1) is 12.1. The minimum absolute atomic E-state index is 0.0926. The van der Waals surface area contributed by atoms with Crippen LogP contribution in [0.1, 0.15) is 5.56 Å². The van der Waals surface area contributed by atoms with Gasteiger partial charge in [0.1, 0.15) is 11.8 Å². The normalized spacial score (nSPS) is 10.1. The molecule has 0 saturated heterocycles. The van der Waals surface area contributed by atoms with E-state index in [1.165, 1.54) is 12.1 Å². The lowest BCUT2D eigenvalue weighted by atomic mass is 10.0. The van der Waals surface area contributed by atoms with Crippen LogP contribution < -0.4 is 4.74 Å². The van der Waals surface area contributed by atoms with Crippen molar-refractivity contribution < 1.29 is 13.5 Å². The Hall–Kier alpha value is -2.41. The first-order chi connectivity index (χ1) is 8.70. The molecule has 0 saturated carbocycles. The second kappa shape index (κ2) is 5.28. The van der Waals surface area contributed by atoms with E-state index in [1.807, 2.05) is 36.4 Å².